The molecule has 0 atom stereocenters. The molecule has 1 heterocycles. The summed E-state index contributed by atoms with van der Waals surface area (Å²) in [6.07, 6.45) is 3.13. The van der Waals surface area contributed by atoms with E-state index >= 15 is 0 Å². The molecule has 110 valence electrons. The highest BCUT2D eigenvalue weighted by Crippen LogP contribution is 2.31. The van der Waals surface area contributed by atoms with Gasteiger partial charge in [0.25, 0.3) is 5.69 Å². The fourth-order valence-corrected chi connectivity index (χ4v) is 2.38. The van der Waals surface area contributed by atoms with Crippen LogP contribution in [0.5, 0.6) is 0 Å². The second-order valence-electron chi connectivity index (χ2n) is 4.74. The maximum absolute atomic E-state index is 11.7. The Morgan fingerprint density at radius 1 is 1.38 bits per heavy atom. The molecule has 0 spiro atoms. The van der Waals surface area contributed by atoms with Crippen LogP contribution < -0.4 is 4.90 Å². The van der Waals surface area contributed by atoms with Crippen LogP contribution in [0.15, 0.2) is 18.2 Å². The summed E-state index contributed by atoms with van der Waals surface area (Å²) < 4.78 is 4.66. The lowest BCUT2D eigenvalue weighted by molar-refractivity contribution is -0.384. The molecule has 1 aliphatic rings. The number of esters is 1. The van der Waals surface area contributed by atoms with Crippen LogP contribution in [0.1, 0.15) is 29.6 Å². The maximum Gasteiger partial charge on any atom is 0.339 e. The third-order valence-corrected chi connectivity index (χ3v) is 3.37. The van der Waals surface area contributed by atoms with Crippen molar-refractivity contribution in [2.45, 2.75) is 19.3 Å². The highest BCUT2D eigenvalue weighted by atomic mass is 16.6. The summed E-state index contributed by atoms with van der Waals surface area (Å²) in [4.78, 5) is 24.4. The number of carbonyl (C=O) groups is 1. The highest BCUT2D eigenvalue weighted by molar-refractivity contribution is 5.91. The van der Waals surface area contributed by atoms with Gasteiger partial charge in [-0.2, -0.15) is 5.26 Å². The van der Waals surface area contributed by atoms with E-state index in [1.54, 1.807) is 12.1 Å². The van der Waals surface area contributed by atoms with Crippen molar-refractivity contribution in [3.05, 3.63) is 33.9 Å². The minimum Gasteiger partial charge on any atom is -0.447 e. The van der Waals surface area contributed by atoms with Crippen LogP contribution in [0, 0.1) is 21.4 Å². The summed E-state index contributed by atoms with van der Waals surface area (Å²) in [5, 5.41) is 19.6. The third kappa shape index (κ3) is 3.48. The molecule has 1 saturated heterocycles. The quantitative estimate of drug-likeness (QED) is 0.479. The molecule has 21 heavy (non-hydrogen) atoms. The van der Waals surface area contributed by atoms with Gasteiger partial charge in [0, 0.05) is 19.2 Å². The molecule has 1 aliphatic heterocycles. The normalized spacial score (nSPS) is 14.3. The first-order valence-corrected chi connectivity index (χ1v) is 6.71. The van der Waals surface area contributed by atoms with Gasteiger partial charge in [0.1, 0.15) is 11.8 Å². The molecule has 1 aromatic carbocycles. The van der Waals surface area contributed by atoms with Crippen molar-refractivity contribution >= 4 is 17.3 Å². The van der Waals surface area contributed by atoms with Gasteiger partial charge in [-0.3, -0.25) is 10.1 Å². The van der Waals surface area contributed by atoms with Gasteiger partial charge >= 0.3 is 5.97 Å². The molecule has 1 aromatic rings. The van der Waals surface area contributed by atoms with E-state index in [4.69, 9.17) is 5.26 Å². The second kappa shape index (κ2) is 6.70. The summed E-state index contributed by atoms with van der Waals surface area (Å²) in [6, 6.07) is 5.97. The van der Waals surface area contributed by atoms with Crippen LogP contribution in [0.3, 0.4) is 0 Å². The minimum absolute atomic E-state index is 0.0812. The Morgan fingerprint density at radius 2 is 2.10 bits per heavy atom. The van der Waals surface area contributed by atoms with Crippen molar-refractivity contribution in [3.8, 4) is 6.07 Å². The van der Waals surface area contributed by atoms with Gasteiger partial charge in [0.05, 0.1) is 10.5 Å². The first-order chi connectivity index (χ1) is 10.1. The molecule has 7 nitrogen and oxygen atoms in total. The van der Waals surface area contributed by atoms with Crippen LogP contribution in [-0.4, -0.2) is 30.6 Å². The first kappa shape index (κ1) is 14.8. The van der Waals surface area contributed by atoms with E-state index in [0.717, 1.165) is 32.4 Å². The fraction of sp³-hybridized carbons (Fsp3) is 0.429. The zero-order valence-corrected chi connectivity index (χ0v) is 11.4. The topological polar surface area (TPSA) is 96.5 Å². The monoisotopic (exact) mass is 289 g/mol. The van der Waals surface area contributed by atoms with Crippen molar-refractivity contribution < 1.29 is 14.5 Å². The summed E-state index contributed by atoms with van der Waals surface area (Å²) in [6.45, 7) is 1.18. The maximum atomic E-state index is 11.7. The molecule has 2 rings (SSSR count). The van der Waals surface area contributed by atoms with E-state index in [0.29, 0.717) is 5.69 Å². The van der Waals surface area contributed by atoms with Gasteiger partial charge in [-0.05, 0) is 31.4 Å². The van der Waals surface area contributed by atoms with E-state index in [9.17, 15) is 14.9 Å². The predicted molar refractivity (Wildman–Crippen MR) is 75.1 cm³/mol. The average molecular weight is 289 g/mol. The third-order valence-electron chi connectivity index (χ3n) is 3.37. The molecule has 7 heteroatoms. The van der Waals surface area contributed by atoms with E-state index in [1.165, 1.54) is 12.1 Å². The number of hydrogen-bond donors (Lipinski definition) is 0. The standard InChI is InChI=1S/C14H15N3O4/c15-6-9-21-14(18)11-4-5-12(13(10-11)17(19)20)16-7-2-1-3-8-16/h4-5,10H,1-3,7-9H2. The van der Waals surface area contributed by atoms with Gasteiger partial charge < -0.3 is 9.64 Å². The molecule has 0 aliphatic carbocycles. The van der Waals surface area contributed by atoms with Crippen molar-refractivity contribution in [3.63, 3.8) is 0 Å². The Morgan fingerprint density at radius 3 is 2.71 bits per heavy atom. The molecule has 0 bridgehead atoms. The van der Waals surface area contributed by atoms with Gasteiger partial charge in [-0.25, -0.2) is 4.79 Å². The number of nitriles is 1. The zero-order valence-electron chi connectivity index (χ0n) is 11.4. The van der Waals surface area contributed by atoms with E-state index in [1.807, 2.05) is 4.90 Å². The number of nitro benzene ring substituents is 1. The summed E-state index contributed by atoms with van der Waals surface area (Å²) >= 11 is 0. The molecule has 0 amide bonds. The summed E-state index contributed by atoms with van der Waals surface area (Å²) in [5.41, 5.74) is 0.498. The number of anilines is 1. The van der Waals surface area contributed by atoms with Gasteiger partial charge in [0.2, 0.25) is 0 Å². The summed E-state index contributed by atoms with van der Waals surface area (Å²) in [5.74, 6) is -0.732. The van der Waals surface area contributed by atoms with Crippen molar-refractivity contribution in [1.82, 2.24) is 0 Å². The van der Waals surface area contributed by atoms with Crippen LogP contribution in [0.2, 0.25) is 0 Å². The SMILES string of the molecule is N#CCOC(=O)c1ccc(N2CCCCC2)c([N+](=O)[O-])c1. The fourth-order valence-electron chi connectivity index (χ4n) is 2.38. The van der Waals surface area contributed by atoms with E-state index < -0.39 is 10.9 Å². The number of nitrogens with zero attached hydrogens (tertiary/aromatic N) is 3. The Bertz CT molecular complexity index is 588. The van der Waals surface area contributed by atoms with Gasteiger partial charge in [0.15, 0.2) is 6.61 Å². The van der Waals surface area contributed by atoms with Crippen molar-refractivity contribution in [1.29, 1.82) is 5.26 Å². The van der Waals surface area contributed by atoms with E-state index in [-0.39, 0.29) is 17.9 Å². The Kier molecular flexibility index (Phi) is 4.72. The number of nitro groups is 1. The van der Waals surface area contributed by atoms with Gasteiger partial charge in [-0.15, -0.1) is 0 Å². The van der Waals surface area contributed by atoms with Crippen molar-refractivity contribution in [2.24, 2.45) is 0 Å². The van der Waals surface area contributed by atoms with Crippen LogP contribution in [0.25, 0.3) is 0 Å². The average Bonchev–Trinajstić information content (AvgIpc) is 2.52. The Labute approximate surface area is 121 Å². The summed E-state index contributed by atoms with van der Waals surface area (Å²) in [7, 11) is 0. The number of ether oxygens (including phenoxy) is 1. The number of benzene rings is 1. The number of piperidine rings is 1. The Balaban J connectivity index is 2.28. The molecular weight excluding hydrogens is 274 g/mol. The first-order valence-electron chi connectivity index (χ1n) is 6.71. The smallest absolute Gasteiger partial charge is 0.339 e. The molecule has 0 unspecified atom stereocenters. The van der Waals surface area contributed by atoms with Gasteiger partial charge in [-0.1, -0.05) is 0 Å². The van der Waals surface area contributed by atoms with E-state index in [2.05, 4.69) is 4.74 Å². The molecule has 0 aromatic heterocycles. The molecule has 0 N–H and O–H groups in total. The van der Waals surface area contributed by atoms with Crippen LogP contribution in [-0.2, 0) is 4.74 Å². The second-order valence-corrected chi connectivity index (χ2v) is 4.74. The lowest BCUT2D eigenvalue weighted by Gasteiger charge is -2.28. The van der Waals surface area contributed by atoms with Crippen molar-refractivity contribution in [2.75, 3.05) is 24.6 Å². The largest absolute Gasteiger partial charge is 0.447 e. The molecule has 0 saturated carbocycles. The number of hydrogen-bond acceptors (Lipinski definition) is 6. The highest BCUT2D eigenvalue weighted by Gasteiger charge is 2.23. The molecule has 1 fully saturated rings. The minimum atomic E-state index is -0.732. The van der Waals surface area contributed by atoms with Crippen LogP contribution in [0.4, 0.5) is 11.4 Å². The molecule has 0 radical (unpaired) electrons. The zero-order chi connectivity index (χ0) is 15.2. The lowest BCUT2D eigenvalue weighted by Crippen LogP contribution is -2.30. The lowest BCUT2D eigenvalue weighted by atomic mass is 10.1. The van der Waals surface area contributed by atoms with Crippen LogP contribution >= 0.6 is 0 Å². The predicted octanol–water partition coefficient (Wildman–Crippen LogP) is 2.27. The molecular formula is C14H15N3O4. The number of rotatable bonds is 4. The number of carbonyl (C=O) groups excluding carboxylic acids is 1. The Hall–Kier alpha value is -2.62.